The first-order chi connectivity index (χ1) is 19.8. The molecule has 0 saturated heterocycles. The number of nitrogens with one attached hydrogen (secondary N) is 2. The molecule has 5 rings (SSSR count). The number of aliphatic imine (C=N–C) groups is 2. The van der Waals surface area contributed by atoms with Crippen LogP contribution in [0, 0.1) is 12.7 Å². The number of thioether (sulfide) groups is 1. The summed E-state index contributed by atoms with van der Waals surface area (Å²) in [6.07, 6.45) is 0.378. The summed E-state index contributed by atoms with van der Waals surface area (Å²) in [5, 5.41) is 5.64. The lowest BCUT2D eigenvalue weighted by Crippen LogP contribution is -2.43. The lowest BCUT2D eigenvalue weighted by atomic mass is 10.1. The summed E-state index contributed by atoms with van der Waals surface area (Å²) in [4.78, 5) is 50.2. The van der Waals surface area contributed by atoms with Gasteiger partial charge in [-0.1, -0.05) is 72.8 Å². The molecule has 2 aliphatic rings. The number of amides is 3. The lowest BCUT2D eigenvalue weighted by Gasteiger charge is -2.27. The molecule has 0 aromatic heterocycles. The van der Waals surface area contributed by atoms with Crippen LogP contribution < -0.4 is 10.6 Å². The molecule has 0 bridgehead atoms. The van der Waals surface area contributed by atoms with E-state index in [0.717, 1.165) is 16.7 Å². The molecular weight excluding hydrogens is 541 g/mol. The Labute approximate surface area is 242 Å². The van der Waals surface area contributed by atoms with Crippen molar-refractivity contribution < 1.29 is 18.8 Å². The molecule has 0 saturated carbocycles. The summed E-state index contributed by atoms with van der Waals surface area (Å²) in [6, 6.07) is 20.2. The van der Waals surface area contributed by atoms with Gasteiger partial charge < -0.3 is 10.6 Å². The molecule has 0 unspecified atom stereocenters. The smallest absolute Gasteiger partial charge is 0.259 e. The van der Waals surface area contributed by atoms with E-state index in [1.54, 1.807) is 12.1 Å². The zero-order chi connectivity index (χ0) is 28.9. The fraction of sp³-hybridized carbons (Fsp3) is 0.258. The number of amidine groups is 2. The third-order valence-corrected chi connectivity index (χ3v) is 8.14. The second-order valence-electron chi connectivity index (χ2n) is 9.88. The summed E-state index contributed by atoms with van der Waals surface area (Å²) in [7, 11) is 0. The number of fused-ring (bicyclic) bond motifs is 3. The molecule has 0 radical (unpaired) electrons. The normalized spacial score (nSPS) is 16.3. The van der Waals surface area contributed by atoms with Gasteiger partial charge in [0, 0.05) is 18.7 Å². The highest BCUT2D eigenvalue weighted by Crippen LogP contribution is 2.35. The Bertz CT molecular complexity index is 1520. The van der Waals surface area contributed by atoms with Crippen molar-refractivity contribution in [3.05, 3.63) is 101 Å². The van der Waals surface area contributed by atoms with Gasteiger partial charge in [-0.2, -0.15) is 0 Å². The first-order valence-corrected chi connectivity index (χ1v) is 14.3. The van der Waals surface area contributed by atoms with Crippen LogP contribution in [-0.4, -0.2) is 44.9 Å². The molecule has 0 fully saturated rings. The van der Waals surface area contributed by atoms with Crippen molar-refractivity contribution >= 4 is 46.2 Å². The molecule has 0 spiro atoms. The van der Waals surface area contributed by atoms with Crippen molar-refractivity contribution in [2.24, 2.45) is 9.98 Å². The summed E-state index contributed by atoms with van der Waals surface area (Å²) in [5.74, 6) is -0.796. The molecular formula is C31H30FN5O3S. The molecule has 41 heavy (non-hydrogen) atoms. The van der Waals surface area contributed by atoms with Crippen LogP contribution in [0.4, 0.5) is 10.1 Å². The Morgan fingerprint density at radius 2 is 1.63 bits per heavy atom. The van der Waals surface area contributed by atoms with Crippen LogP contribution >= 0.6 is 11.8 Å². The number of para-hydroxylation sites is 1. The van der Waals surface area contributed by atoms with Crippen LogP contribution in [0.15, 0.2) is 82.8 Å². The van der Waals surface area contributed by atoms with Crippen LogP contribution in [0.5, 0.6) is 0 Å². The summed E-state index contributed by atoms with van der Waals surface area (Å²) in [6.45, 7) is 4.53. The van der Waals surface area contributed by atoms with E-state index in [9.17, 15) is 18.8 Å². The van der Waals surface area contributed by atoms with E-state index in [0.29, 0.717) is 35.2 Å². The van der Waals surface area contributed by atoms with Crippen LogP contribution in [0.25, 0.3) is 0 Å². The van der Waals surface area contributed by atoms with E-state index < -0.39 is 11.3 Å². The van der Waals surface area contributed by atoms with Gasteiger partial charge in [0.2, 0.25) is 11.8 Å². The summed E-state index contributed by atoms with van der Waals surface area (Å²) in [5.41, 5.74) is 4.23. The molecule has 8 nitrogen and oxygen atoms in total. The lowest BCUT2D eigenvalue weighted by molar-refractivity contribution is -0.128. The first-order valence-electron chi connectivity index (χ1n) is 13.4. The van der Waals surface area contributed by atoms with E-state index in [-0.39, 0.29) is 36.5 Å². The van der Waals surface area contributed by atoms with Crippen molar-refractivity contribution in [1.29, 1.82) is 0 Å². The molecule has 3 aromatic carbocycles. The van der Waals surface area contributed by atoms with Gasteiger partial charge in [-0.25, -0.2) is 14.3 Å². The Morgan fingerprint density at radius 3 is 2.34 bits per heavy atom. The van der Waals surface area contributed by atoms with E-state index in [1.807, 2.05) is 62.4 Å². The predicted octanol–water partition coefficient (Wildman–Crippen LogP) is 4.63. The summed E-state index contributed by atoms with van der Waals surface area (Å²) >= 11 is 1.22. The third-order valence-electron chi connectivity index (χ3n) is 6.83. The zero-order valence-corrected chi connectivity index (χ0v) is 23.6. The topological polar surface area (TPSA) is 103 Å². The quantitative estimate of drug-likeness (QED) is 0.391. The fourth-order valence-corrected chi connectivity index (χ4v) is 5.57. The highest BCUT2D eigenvalue weighted by molar-refractivity contribution is 8.15. The van der Waals surface area contributed by atoms with Crippen molar-refractivity contribution in [3.63, 3.8) is 0 Å². The van der Waals surface area contributed by atoms with E-state index in [2.05, 4.69) is 15.6 Å². The number of aryl methyl sites for hydroxylation is 1. The van der Waals surface area contributed by atoms with E-state index in [1.165, 1.54) is 28.8 Å². The number of halogens is 1. The van der Waals surface area contributed by atoms with Crippen molar-refractivity contribution in [2.45, 2.75) is 51.1 Å². The Balaban J connectivity index is 1.29. The largest absolute Gasteiger partial charge is 0.352 e. The van der Waals surface area contributed by atoms with Crippen LogP contribution in [0.1, 0.15) is 42.0 Å². The number of hydrogen-bond donors (Lipinski definition) is 2. The third kappa shape index (κ3) is 6.54. The van der Waals surface area contributed by atoms with E-state index in [4.69, 9.17) is 4.99 Å². The fourth-order valence-electron chi connectivity index (χ4n) is 4.52. The maximum atomic E-state index is 13.6. The van der Waals surface area contributed by atoms with Crippen LogP contribution in [-0.2, 0) is 27.5 Å². The average Bonchev–Trinajstić information content (AvgIpc) is 3.31. The van der Waals surface area contributed by atoms with Crippen LogP contribution in [0.3, 0.4) is 0 Å². The maximum absolute atomic E-state index is 13.6. The van der Waals surface area contributed by atoms with Gasteiger partial charge in [0.25, 0.3) is 5.91 Å². The maximum Gasteiger partial charge on any atom is 0.259 e. The van der Waals surface area contributed by atoms with Crippen LogP contribution in [0.2, 0.25) is 0 Å². The molecule has 3 aromatic rings. The standard InChI is InChI=1S/C31H30FN5O3S/c1-3-26(29(39)34-18-20-10-8-19(2)9-11-20)41-31-36-24-7-5-4-6-23(24)28-35-25(30(40)37(28)31)16-27(38)33-17-21-12-14-22(32)15-13-21/h4-15,25-26H,3,16-18H2,1-2H3,(H,33,38)(H,34,39)/t25-,26+/m1/s1. The number of benzene rings is 3. The monoisotopic (exact) mass is 571 g/mol. The van der Waals surface area contributed by atoms with Gasteiger partial charge in [0.1, 0.15) is 17.7 Å². The number of nitrogens with zero attached hydrogens (tertiary/aromatic N) is 3. The predicted molar refractivity (Wildman–Crippen MR) is 158 cm³/mol. The molecule has 210 valence electrons. The van der Waals surface area contributed by atoms with Gasteiger partial charge in [0.15, 0.2) is 5.17 Å². The SMILES string of the molecule is CC[C@H](SC1=Nc2ccccc2C2=N[C@H](CC(=O)NCc3ccc(F)cc3)C(=O)N12)C(=O)NCc1ccc(C)cc1. The highest BCUT2D eigenvalue weighted by atomic mass is 32.2. The second-order valence-corrected chi connectivity index (χ2v) is 11.0. The minimum Gasteiger partial charge on any atom is -0.352 e. The molecule has 0 aliphatic carbocycles. The highest BCUT2D eigenvalue weighted by Gasteiger charge is 2.43. The second kappa shape index (κ2) is 12.5. The average molecular weight is 572 g/mol. The number of hydrogen-bond acceptors (Lipinski definition) is 6. The zero-order valence-electron chi connectivity index (χ0n) is 22.8. The number of carbonyl (C=O) groups excluding carboxylic acids is 3. The Morgan fingerprint density at radius 1 is 0.976 bits per heavy atom. The molecule has 3 amide bonds. The minimum atomic E-state index is -0.925. The Kier molecular flexibility index (Phi) is 8.58. The molecule has 2 aliphatic heterocycles. The molecule has 10 heteroatoms. The number of carbonyl (C=O) groups is 3. The molecule has 2 heterocycles. The van der Waals surface area contributed by atoms with Crippen molar-refractivity contribution in [3.8, 4) is 0 Å². The van der Waals surface area contributed by atoms with Gasteiger partial charge in [-0.05, 0) is 48.7 Å². The number of rotatable bonds is 9. The van der Waals surface area contributed by atoms with E-state index >= 15 is 0 Å². The molecule has 2 N–H and O–H groups in total. The van der Waals surface area contributed by atoms with Crippen molar-refractivity contribution in [1.82, 2.24) is 15.5 Å². The minimum absolute atomic E-state index is 0.144. The van der Waals surface area contributed by atoms with Crippen molar-refractivity contribution in [2.75, 3.05) is 0 Å². The van der Waals surface area contributed by atoms with Gasteiger partial charge in [-0.3, -0.25) is 19.4 Å². The van der Waals surface area contributed by atoms with Gasteiger partial charge in [-0.15, -0.1) is 0 Å². The Hall–Kier alpha value is -4.31. The van der Waals surface area contributed by atoms with Gasteiger partial charge in [0.05, 0.1) is 17.4 Å². The van der Waals surface area contributed by atoms with Gasteiger partial charge >= 0.3 is 0 Å². The summed E-state index contributed by atoms with van der Waals surface area (Å²) < 4.78 is 13.2. The molecule has 2 atom stereocenters. The first kappa shape index (κ1) is 28.2.